The second-order valence-corrected chi connectivity index (χ2v) is 17.2. The Morgan fingerprint density at radius 3 is 1.73 bits per heavy atom. The third-order valence-electron chi connectivity index (χ3n) is 13.0. The number of benzene rings is 9. The van der Waals surface area contributed by atoms with Crippen LogP contribution in [0.4, 0.5) is 42.9 Å². The van der Waals surface area contributed by atoms with Crippen molar-refractivity contribution in [3.05, 3.63) is 216 Å². The molecule has 4 heteroatoms. The molecule has 2 aliphatic rings. The van der Waals surface area contributed by atoms with E-state index < -0.39 is 5.41 Å². The molecule has 0 radical (unpaired) electrons. The summed E-state index contributed by atoms with van der Waals surface area (Å²) < 4.78 is 31.2. The molecule has 0 bridgehead atoms. The normalized spacial score (nSPS) is 14.1. The molecule has 0 aromatic heterocycles. The number of fused-ring (bicyclic) bond motifs is 11. The van der Waals surface area contributed by atoms with Crippen molar-refractivity contribution in [1.82, 2.24) is 0 Å². The van der Waals surface area contributed by atoms with E-state index in [1.54, 1.807) is 18.2 Å². The van der Waals surface area contributed by atoms with Crippen LogP contribution in [0, 0.1) is 11.6 Å². The summed E-state index contributed by atoms with van der Waals surface area (Å²) in [6, 6.07) is 61.0. The van der Waals surface area contributed by atoms with Crippen LogP contribution in [0.25, 0.3) is 43.8 Å². The quantitative estimate of drug-likeness (QED) is 0.155. The number of halogens is 2. The highest BCUT2D eigenvalue weighted by Gasteiger charge is 2.47. The summed E-state index contributed by atoms with van der Waals surface area (Å²) >= 11 is 0. The van der Waals surface area contributed by atoms with Crippen LogP contribution in [-0.2, 0) is 10.8 Å². The summed E-state index contributed by atoms with van der Waals surface area (Å²) in [6.07, 6.45) is 0. The van der Waals surface area contributed by atoms with Crippen molar-refractivity contribution in [1.29, 1.82) is 0 Å². The Bertz CT molecular complexity index is 3190. The van der Waals surface area contributed by atoms with E-state index in [2.05, 4.69) is 130 Å². The Morgan fingerprint density at radius 2 is 1.00 bits per heavy atom. The summed E-state index contributed by atoms with van der Waals surface area (Å²) in [5, 5.41) is 4.55. The summed E-state index contributed by atoms with van der Waals surface area (Å²) in [5.41, 5.74) is 14.0. The van der Waals surface area contributed by atoms with Gasteiger partial charge in [-0.15, -0.1) is 0 Å². The van der Waals surface area contributed by atoms with Gasteiger partial charge in [-0.1, -0.05) is 137 Å². The summed E-state index contributed by atoms with van der Waals surface area (Å²) in [6.45, 7) is 9.37. The molecule has 0 heterocycles. The molecule has 9 aromatic rings. The topological polar surface area (TPSA) is 6.48 Å². The number of hydrogen-bond donors (Lipinski definition) is 0. The second-order valence-electron chi connectivity index (χ2n) is 17.2. The Kier molecular flexibility index (Phi) is 7.96. The molecule has 0 aliphatic heterocycles. The van der Waals surface area contributed by atoms with Crippen LogP contribution < -0.4 is 9.80 Å². The molecule has 0 unspecified atom stereocenters. The van der Waals surface area contributed by atoms with Crippen LogP contribution >= 0.6 is 0 Å². The molecule has 11 rings (SSSR count). The van der Waals surface area contributed by atoms with Crippen molar-refractivity contribution < 1.29 is 8.78 Å². The third kappa shape index (κ3) is 5.16. The minimum absolute atomic E-state index is 0.284. The number of hydrogen-bond acceptors (Lipinski definition) is 2. The molecule has 0 N–H and O–H groups in total. The first-order valence-corrected chi connectivity index (χ1v) is 20.7. The van der Waals surface area contributed by atoms with E-state index in [1.165, 1.54) is 56.6 Å². The second kappa shape index (κ2) is 13.2. The number of rotatable bonds is 6. The molecule has 9 aromatic carbocycles. The molecular weight excluding hydrogens is 739 g/mol. The monoisotopic (exact) mass is 780 g/mol. The minimum Gasteiger partial charge on any atom is -0.309 e. The van der Waals surface area contributed by atoms with Crippen LogP contribution in [0.1, 0.15) is 49.9 Å². The van der Waals surface area contributed by atoms with E-state index in [4.69, 9.17) is 0 Å². The van der Waals surface area contributed by atoms with Crippen molar-refractivity contribution in [2.75, 3.05) is 9.80 Å². The fourth-order valence-corrected chi connectivity index (χ4v) is 10.5. The van der Waals surface area contributed by atoms with Gasteiger partial charge in [-0.3, -0.25) is 0 Å². The lowest BCUT2D eigenvalue weighted by atomic mass is 9.76. The maximum Gasteiger partial charge on any atom is 0.147 e. The molecule has 290 valence electrons. The first-order chi connectivity index (χ1) is 29.1. The third-order valence-corrected chi connectivity index (χ3v) is 13.0. The fourth-order valence-electron chi connectivity index (χ4n) is 10.5. The van der Waals surface area contributed by atoms with Gasteiger partial charge in [0.1, 0.15) is 11.6 Å². The highest BCUT2D eigenvalue weighted by molar-refractivity contribution is 6.20. The van der Waals surface area contributed by atoms with Crippen molar-refractivity contribution in [2.24, 2.45) is 0 Å². The molecular formula is C56H42F2N2. The average Bonchev–Trinajstić information content (AvgIpc) is 3.65. The van der Waals surface area contributed by atoms with Crippen molar-refractivity contribution in [3.63, 3.8) is 0 Å². The lowest BCUT2D eigenvalue weighted by Gasteiger charge is -2.35. The van der Waals surface area contributed by atoms with Gasteiger partial charge in [0.25, 0.3) is 0 Å². The SMILES string of the molecule is CC1(C)c2ccccc2-c2c1cc1c(c2N(c2ccccc2)c2cccc(F)c2)C(C)(C)c2c-1c1ccccc1c1cc(N(c3ccccc3)c3ccccc3F)ccc21. The zero-order chi connectivity index (χ0) is 40.9. The lowest BCUT2D eigenvalue weighted by molar-refractivity contribution is 0.628. The highest BCUT2D eigenvalue weighted by atomic mass is 19.1. The Hall–Kier alpha value is -7.04. The van der Waals surface area contributed by atoms with Crippen molar-refractivity contribution >= 4 is 55.7 Å². The maximum absolute atomic E-state index is 15.8. The van der Waals surface area contributed by atoms with Gasteiger partial charge < -0.3 is 9.80 Å². The highest BCUT2D eigenvalue weighted by Crippen LogP contribution is 2.64. The zero-order valence-electron chi connectivity index (χ0n) is 34.0. The smallest absolute Gasteiger partial charge is 0.147 e. The predicted molar refractivity (Wildman–Crippen MR) is 246 cm³/mol. The lowest BCUT2D eigenvalue weighted by Crippen LogP contribution is -2.23. The average molecular weight is 781 g/mol. The Labute approximate surface area is 349 Å². The van der Waals surface area contributed by atoms with E-state index in [0.29, 0.717) is 5.69 Å². The van der Waals surface area contributed by atoms with E-state index in [9.17, 15) is 0 Å². The van der Waals surface area contributed by atoms with Crippen LogP contribution in [0.2, 0.25) is 0 Å². The van der Waals surface area contributed by atoms with Crippen LogP contribution in [0.3, 0.4) is 0 Å². The largest absolute Gasteiger partial charge is 0.309 e. The summed E-state index contributed by atoms with van der Waals surface area (Å²) in [7, 11) is 0. The van der Waals surface area contributed by atoms with E-state index in [-0.39, 0.29) is 17.0 Å². The van der Waals surface area contributed by atoms with Gasteiger partial charge in [0.05, 0.1) is 11.4 Å². The Morgan fingerprint density at radius 1 is 0.383 bits per heavy atom. The van der Waals surface area contributed by atoms with E-state index in [0.717, 1.165) is 50.0 Å². The van der Waals surface area contributed by atoms with E-state index >= 15 is 8.78 Å². The van der Waals surface area contributed by atoms with Crippen LogP contribution in [-0.4, -0.2) is 0 Å². The molecule has 0 saturated heterocycles. The summed E-state index contributed by atoms with van der Waals surface area (Å²) in [5.74, 6) is -0.572. The Balaban J connectivity index is 1.26. The van der Waals surface area contributed by atoms with Gasteiger partial charge in [-0.2, -0.15) is 0 Å². The van der Waals surface area contributed by atoms with Gasteiger partial charge in [0.15, 0.2) is 0 Å². The molecule has 60 heavy (non-hydrogen) atoms. The molecule has 2 aliphatic carbocycles. The molecule has 0 fully saturated rings. The van der Waals surface area contributed by atoms with Gasteiger partial charge in [0.2, 0.25) is 0 Å². The van der Waals surface area contributed by atoms with Crippen LogP contribution in [0.15, 0.2) is 182 Å². The van der Waals surface area contributed by atoms with Gasteiger partial charge >= 0.3 is 0 Å². The standard InChI is InChI=1S/C56H42F2N2/c1-55(2)46-27-14-13-26-43(46)51-47(55)34-45-50-41-25-12-11-24-40(41)44-33-39(59(36-19-7-5-8-20-36)49-29-16-15-28-48(49)58)30-31-42(44)52(50)56(3,4)53(45)54(51)60(37-21-9-6-10-22-37)38-23-17-18-35(57)32-38/h5-34H,1-4H3. The fraction of sp³-hybridized carbons (Fsp3) is 0.107. The molecule has 0 saturated carbocycles. The van der Waals surface area contributed by atoms with Gasteiger partial charge in [-0.05, 0) is 133 Å². The van der Waals surface area contributed by atoms with Gasteiger partial charge in [0, 0.05) is 39.1 Å². The number of nitrogens with zero attached hydrogens (tertiary/aromatic N) is 2. The maximum atomic E-state index is 15.8. The van der Waals surface area contributed by atoms with E-state index in [1.807, 2.05) is 59.5 Å². The first-order valence-electron chi connectivity index (χ1n) is 20.7. The first kappa shape index (κ1) is 36.1. The van der Waals surface area contributed by atoms with Crippen LogP contribution in [0.5, 0.6) is 0 Å². The number of anilines is 6. The molecule has 0 amide bonds. The molecule has 0 atom stereocenters. The van der Waals surface area contributed by atoms with Crippen molar-refractivity contribution in [3.8, 4) is 22.3 Å². The molecule has 0 spiro atoms. The van der Waals surface area contributed by atoms with Crippen molar-refractivity contribution in [2.45, 2.75) is 38.5 Å². The minimum atomic E-state index is -0.522. The number of para-hydroxylation sites is 3. The predicted octanol–water partition coefficient (Wildman–Crippen LogP) is 15.8. The zero-order valence-corrected chi connectivity index (χ0v) is 34.0. The van der Waals surface area contributed by atoms with Gasteiger partial charge in [-0.25, -0.2) is 8.78 Å². The summed E-state index contributed by atoms with van der Waals surface area (Å²) in [4.78, 5) is 4.30. The molecule has 2 nitrogen and oxygen atoms in total.